The molecule has 0 saturated heterocycles. The van der Waals surface area contributed by atoms with Crippen molar-refractivity contribution in [3.05, 3.63) is 58.5 Å². The van der Waals surface area contributed by atoms with Crippen molar-refractivity contribution in [3.63, 3.8) is 0 Å². The first-order chi connectivity index (χ1) is 11.0. The predicted molar refractivity (Wildman–Crippen MR) is 86.2 cm³/mol. The lowest BCUT2D eigenvalue weighted by Gasteiger charge is -2.13. The van der Waals surface area contributed by atoms with Crippen LogP contribution in [0.2, 0.25) is 0 Å². The number of hydroxylamine groups is 1. The molecule has 1 aliphatic rings. The Kier molecular flexibility index (Phi) is 4.31. The van der Waals surface area contributed by atoms with Crippen molar-refractivity contribution in [2.45, 2.75) is 17.3 Å². The maximum Gasteiger partial charge on any atom is 0.267 e. The Balaban J connectivity index is 1.82. The number of benzene rings is 1. The van der Waals surface area contributed by atoms with Crippen LogP contribution in [0.15, 0.2) is 46.0 Å². The zero-order valence-electron chi connectivity index (χ0n) is 12.0. The maximum absolute atomic E-state index is 12.5. The highest BCUT2D eigenvalue weighted by Gasteiger charge is 2.31. The summed E-state index contributed by atoms with van der Waals surface area (Å²) < 4.78 is 26.9. The lowest BCUT2D eigenvalue weighted by atomic mass is 10.1. The zero-order valence-corrected chi connectivity index (χ0v) is 13.6. The van der Waals surface area contributed by atoms with Crippen LogP contribution in [0, 0.1) is 0 Å². The Morgan fingerprint density at radius 1 is 1.26 bits per heavy atom. The summed E-state index contributed by atoms with van der Waals surface area (Å²) in [6.07, 6.45) is 2.76. The van der Waals surface area contributed by atoms with Crippen LogP contribution >= 0.6 is 11.3 Å². The summed E-state index contributed by atoms with van der Waals surface area (Å²) in [4.78, 5) is 11.0. The maximum atomic E-state index is 12.5. The Labute approximate surface area is 137 Å². The van der Waals surface area contributed by atoms with Crippen LogP contribution in [0.4, 0.5) is 0 Å². The fourth-order valence-electron chi connectivity index (χ4n) is 2.40. The molecule has 2 aromatic rings. The number of hydrogen-bond acceptors (Lipinski definition) is 5. The number of thiophene rings is 1. The van der Waals surface area contributed by atoms with Gasteiger partial charge in [0.15, 0.2) is 0 Å². The number of rotatable bonds is 4. The molecule has 0 radical (unpaired) electrons. The van der Waals surface area contributed by atoms with E-state index in [1.807, 2.05) is 12.1 Å². The molecule has 0 unspecified atom stereocenters. The molecule has 1 aromatic heterocycles. The molecule has 1 aromatic carbocycles. The minimum Gasteiger partial charge on any atom is -0.288 e. The standard InChI is InChI=1S/C15H14N2O4S2/c18-14(16-19)6-4-11-3-5-12-9-17(10-13(12)8-11)23(20,21)15-2-1-7-22-15/h1-8,19H,9-10H2,(H,16,18)/b6-4+. The molecule has 0 spiro atoms. The topological polar surface area (TPSA) is 86.7 Å². The quantitative estimate of drug-likeness (QED) is 0.501. The van der Waals surface area contributed by atoms with Crippen LogP contribution in [0.3, 0.4) is 0 Å². The van der Waals surface area contributed by atoms with Gasteiger partial charge in [0.1, 0.15) is 4.21 Å². The van der Waals surface area contributed by atoms with Gasteiger partial charge < -0.3 is 0 Å². The SMILES string of the molecule is O=C(/C=C/c1ccc2c(c1)CN(S(=O)(=O)c1cccs1)C2)NO. The van der Waals surface area contributed by atoms with E-state index in [1.165, 1.54) is 27.2 Å². The van der Waals surface area contributed by atoms with Crippen LogP contribution in [-0.4, -0.2) is 23.8 Å². The van der Waals surface area contributed by atoms with Crippen LogP contribution in [0.25, 0.3) is 6.08 Å². The molecule has 0 fully saturated rings. The average molecular weight is 350 g/mol. The van der Waals surface area contributed by atoms with Gasteiger partial charge in [-0.3, -0.25) is 10.0 Å². The second kappa shape index (κ2) is 6.25. The van der Waals surface area contributed by atoms with Gasteiger partial charge in [0.2, 0.25) is 0 Å². The highest BCUT2D eigenvalue weighted by atomic mass is 32.2. The number of amides is 1. The second-order valence-electron chi connectivity index (χ2n) is 5.04. The van der Waals surface area contributed by atoms with Gasteiger partial charge in [0, 0.05) is 19.2 Å². The van der Waals surface area contributed by atoms with Gasteiger partial charge in [-0.15, -0.1) is 11.3 Å². The van der Waals surface area contributed by atoms with Crippen molar-refractivity contribution in [3.8, 4) is 0 Å². The number of carbonyl (C=O) groups excluding carboxylic acids is 1. The second-order valence-corrected chi connectivity index (χ2v) is 8.16. The lowest BCUT2D eigenvalue weighted by molar-refractivity contribution is -0.124. The van der Waals surface area contributed by atoms with Crippen molar-refractivity contribution < 1.29 is 18.4 Å². The van der Waals surface area contributed by atoms with Crippen molar-refractivity contribution in [1.29, 1.82) is 0 Å². The van der Waals surface area contributed by atoms with E-state index < -0.39 is 15.9 Å². The zero-order chi connectivity index (χ0) is 16.4. The number of nitrogens with one attached hydrogen (secondary N) is 1. The highest BCUT2D eigenvalue weighted by Crippen LogP contribution is 2.31. The summed E-state index contributed by atoms with van der Waals surface area (Å²) >= 11 is 1.20. The normalized spacial score (nSPS) is 15.0. The third-order valence-corrected chi connectivity index (χ3v) is 6.72. The smallest absolute Gasteiger partial charge is 0.267 e. The van der Waals surface area contributed by atoms with E-state index in [2.05, 4.69) is 0 Å². The van der Waals surface area contributed by atoms with Gasteiger partial charge >= 0.3 is 0 Å². The summed E-state index contributed by atoms with van der Waals surface area (Å²) in [5, 5.41) is 10.2. The number of sulfonamides is 1. The molecule has 23 heavy (non-hydrogen) atoms. The minimum atomic E-state index is -3.47. The number of nitrogens with zero attached hydrogens (tertiary/aromatic N) is 1. The van der Waals surface area contributed by atoms with Crippen LogP contribution in [-0.2, 0) is 27.9 Å². The molecule has 2 heterocycles. The molecule has 0 bridgehead atoms. The van der Waals surface area contributed by atoms with Crippen LogP contribution < -0.4 is 5.48 Å². The molecule has 8 heteroatoms. The molecule has 3 rings (SSSR count). The number of hydrogen-bond donors (Lipinski definition) is 2. The van der Waals surface area contributed by atoms with E-state index in [-0.39, 0.29) is 0 Å². The Hall–Kier alpha value is -2.00. The summed E-state index contributed by atoms with van der Waals surface area (Å²) in [5.41, 5.74) is 4.15. The van der Waals surface area contributed by atoms with Crippen molar-refractivity contribution in [2.24, 2.45) is 0 Å². The van der Waals surface area contributed by atoms with E-state index in [0.717, 1.165) is 16.7 Å². The lowest BCUT2D eigenvalue weighted by Crippen LogP contribution is -2.24. The van der Waals surface area contributed by atoms with Gasteiger partial charge in [-0.05, 0) is 34.2 Å². The van der Waals surface area contributed by atoms with Gasteiger partial charge in [0.25, 0.3) is 15.9 Å². The van der Waals surface area contributed by atoms with Crippen molar-refractivity contribution >= 4 is 33.3 Å². The van der Waals surface area contributed by atoms with Gasteiger partial charge in [-0.2, -0.15) is 4.31 Å². The highest BCUT2D eigenvalue weighted by molar-refractivity contribution is 7.91. The Morgan fingerprint density at radius 3 is 2.74 bits per heavy atom. The molecule has 0 aliphatic carbocycles. The fraction of sp³-hybridized carbons (Fsp3) is 0.133. The summed E-state index contributed by atoms with van der Waals surface area (Å²) in [6.45, 7) is 0.653. The van der Waals surface area contributed by atoms with E-state index >= 15 is 0 Å². The molecule has 0 saturated carbocycles. The van der Waals surface area contributed by atoms with E-state index in [1.54, 1.807) is 29.7 Å². The van der Waals surface area contributed by atoms with Crippen LogP contribution in [0.1, 0.15) is 16.7 Å². The van der Waals surface area contributed by atoms with E-state index in [0.29, 0.717) is 17.3 Å². The number of carbonyl (C=O) groups is 1. The minimum absolute atomic E-state index is 0.309. The van der Waals surface area contributed by atoms with Crippen molar-refractivity contribution in [1.82, 2.24) is 9.79 Å². The molecule has 1 amide bonds. The van der Waals surface area contributed by atoms with Crippen LogP contribution in [0.5, 0.6) is 0 Å². The largest absolute Gasteiger partial charge is 0.288 e. The number of fused-ring (bicyclic) bond motifs is 1. The summed E-state index contributed by atoms with van der Waals surface area (Å²) in [7, 11) is -3.47. The molecular formula is C15H14N2O4S2. The fourth-order valence-corrected chi connectivity index (χ4v) is 4.94. The Morgan fingerprint density at radius 2 is 2.04 bits per heavy atom. The molecule has 1 aliphatic heterocycles. The molecular weight excluding hydrogens is 336 g/mol. The first kappa shape index (κ1) is 15.9. The Bertz CT molecular complexity index is 858. The first-order valence-electron chi connectivity index (χ1n) is 6.78. The third-order valence-electron chi connectivity index (χ3n) is 3.55. The average Bonchev–Trinajstić information content (AvgIpc) is 3.21. The molecule has 0 atom stereocenters. The monoisotopic (exact) mass is 350 g/mol. The molecule has 120 valence electrons. The van der Waals surface area contributed by atoms with Crippen molar-refractivity contribution in [2.75, 3.05) is 0 Å². The van der Waals surface area contributed by atoms with Gasteiger partial charge in [-0.1, -0.05) is 24.3 Å². The van der Waals surface area contributed by atoms with E-state index in [9.17, 15) is 13.2 Å². The van der Waals surface area contributed by atoms with Gasteiger partial charge in [-0.25, -0.2) is 13.9 Å². The molecule has 2 N–H and O–H groups in total. The first-order valence-corrected chi connectivity index (χ1v) is 9.10. The third kappa shape index (κ3) is 3.20. The van der Waals surface area contributed by atoms with Gasteiger partial charge in [0.05, 0.1) is 0 Å². The predicted octanol–water partition coefficient (Wildman–Crippen LogP) is 1.97. The molecule has 6 nitrogen and oxygen atoms in total. The summed E-state index contributed by atoms with van der Waals surface area (Å²) in [6, 6.07) is 8.83. The van der Waals surface area contributed by atoms with E-state index in [4.69, 9.17) is 5.21 Å². The summed E-state index contributed by atoms with van der Waals surface area (Å²) in [5.74, 6) is -0.618.